The van der Waals surface area contributed by atoms with Crippen LogP contribution in [0.1, 0.15) is 41.7 Å². The summed E-state index contributed by atoms with van der Waals surface area (Å²) in [4.78, 5) is 35.4. The van der Waals surface area contributed by atoms with Crippen molar-refractivity contribution < 1.29 is 42.1 Å². The third-order valence-corrected chi connectivity index (χ3v) is 10.9. The van der Waals surface area contributed by atoms with Crippen molar-refractivity contribution in [2.75, 3.05) is 39.3 Å². The number of rotatable bonds is 12. The Morgan fingerprint density at radius 2 is 1.87 bits per heavy atom. The predicted octanol–water partition coefficient (Wildman–Crippen LogP) is 4.10. The standard InChI is InChI=1S/C37H40F3N5O6S/c38-37(39,40)22-42-33(48)28-20-44(19-25-10-11-31(51-25)34-41-12-15-52-34)13-14-45(28)18-24(46)16-36(17-27(36)23-6-2-1-3-7-23)35(49)43-32-26-8-4-5-9-30(26)50-21-29(32)47/h1-12,15,24,27-29,32,46-47H,13-14,16-22H2,(H,42,48)(H,43,49)/t24-,27-,28-,29+,32-,36?/m0/s1. The van der Waals surface area contributed by atoms with E-state index >= 15 is 0 Å². The van der Waals surface area contributed by atoms with E-state index in [0.29, 0.717) is 42.3 Å². The third kappa shape index (κ3) is 8.03. The number of β-amino-alcohol motifs (C(OH)–C–C–N with tert-alkyl or cyclic N) is 1. The summed E-state index contributed by atoms with van der Waals surface area (Å²) in [5.74, 6) is 0.475. The molecule has 0 bridgehead atoms. The molecule has 0 radical (unpaired) electrons. The fourth-order valence-corrected chi connectivity index (χ4v) is 8.09. The summed E-state index contributed by atoms with van der Waals surface area (Å²) in [5.41, 5.74) is 0.575. The normalized spacial score (nSPS) is 25.5. The number of aromatic nitrogens is 1. The zero-order chi connectivity index (χ0) is 36.5. The van der Waals surface area contributed by atoms with Crippen molar-refractivity contribution in [2.24, 2.45) is 5.41 Å². The molecule has 6 atom stereocenters. The number of nitrogens with zero attached hydrogens (tertiary/aromatic N) is 3. The molecule has 2 aliphatic heterocycles. The van der Waals surface area contributed by atoms with Crippen LogP contribution in [-0.2, 0) is 16.1 Å². The van der Waals surface area contributed by atoms with Gasteiger partial charge in [-0.2, -0.15) is 13.2 Å². The summed E-state index contributed by atoms with van der Waals surface area (Å²) in [6, 6.07) is 18.6. The molecule has 4 aromatic rings. The van der Waals surface area contributed by atoms with Crippen molar-refractivity contribution in [3.05, 3.63) is 95.2 Å². The van der Waals surface area contributed by atoms with Crippen molar-refractivity contribution in [2.45, 2.75) is 55.8 Å². The number of aliphatic hydroxyl groups excluding tert-OH is 2. The maximum Gasteiger partial charge on any atom is 0.405 e. The number of carbonyl (C=O) groups excluding carboxylic acids is 2. The van der Waals surface area contributed by atoms with E-state index in [4.69, 9.17) is 9.15 Å². The van der Waals surface area contributed by atoms with E-state index in [-0.39, 0.29) is 44.5 Å². The number of fused-ring (bicyclic) bond motifs is 1. The Balaban J connectivity index is 1.07. The van der Waals surface area contributed by atoms with E-state index < -0.39 is 48.3 Å². The highest BCUT2D eigenvalue weighted by molar-refractivity contribution is 7.13. The Labute approximate surface area is 302 Å². The first-order chi connectivity index (χ1) is 25.0. The summed E-state index contributed by atoms with van der Waals surface area (Å²) in [7, 11) is 0. The highest BCUT2D eigenvalue weighted by atomic mass is 32.1. The number of piperazine rings is 1. The fourth-order valence-electron chi connectivity index (χ4n) is 7.50. The van der Waals surface area contributed by atoms with Gasteiger partial charge in [0.1, 0.15) is 36.8 Å². The minimum absolute atomic E-state index is 0.0103. The Bertz CT molecular complexity index is 1840. The molecule has 15 heteroatoms. The summed E-state index contributed by atoms with van der Waals surface area (Å²) in [5, 5.41) is 30.1. The van der Waals surface area contributed by atoms with Crippen LogP contribution >= 0.6 is 11.3 Å². The minimum Gasteiger partial charge on any atom is -0.490 e. The Hall–Kier alpha value is -4.28. The molecule has 1 saturated heterocycles. The molecule has 1 unspecified atom stereocenters. The first kappa shape index (κ1) is 36.1. The lowest BCUT2D eigenvalue weighted by Crippen LogP contribution is -2.60. The number of hydrogen-bond acceptors (Lipinski definition) is 10. The zero-order valence-corrected chi connectivity index (χ0v) is 29.0. The lowest BCUT2D eigenvalue weighted by molar-refractivity contribution is -0.144. The Morgan fingerprint density at radius 3 is 2.63 bits per heavy atom. The molecule has 7 rings (SSSR count). The highest BCUT2D eigenvalue weighted by Gasteiger charge is 2.61. The molecule has 2 amide bonds. The van der Waals surface area contributed by atoms with Crippen molar-refractivity contribution in [1.82, 2.24) is 25.4 Å². The number of carbonyl (C=O) groups is 2. The SMILES string of the molecule is O=C(NCC(F)(F)F)[C@@H]1CN(Cc2ccc(-c3nccs3)o2)CCN1C[C@@H](O)CC1(C(=O)N[C@H]2c3ccccc3OC[C@H]2O)C[C@H]1c1ccccc1. The van der Waals surface area contributed by atoms with Crippen LogP contribution in [0.25, 0.3) is 10.8 Å². The van der Waals surface area contributed by atoms with Crippen LogP contribution in [0.3, 0.4) is 0 Å². The van der Waals surface area contributed by atoms with Gasteiger partial charge in [0.2, 0.25) is 11.8 Å². The summed E-state index contributed by atoms with van der Waals surface area (Å²) in [6.45, 7) is -0.327. The second kappa shape index (κ2) is 15.0. The van der Waals surface area contributed by atoms with Gasteiger partial charge in [-0.1, -0.05) is 48.5 Å². The second-order valence-corrected chi connectivity index (χ2v) is 14.6. The molecule has 1 saturated carbocycles. The van der Waals surface area contributed by atoms with Crippen LogP contribution in [0.2, 0.25) is 0 Å². The van der Waals surface area contributed by atoms with Crippen LogP contribution in [0.4, 0.5) is 13.2 Å². The quantitative estimate of drug-likeness (QED) is 0.169. The molecule has 0 spiro atoms. The van der Waals surface area contributed by atoms with Gasteiger partial charge < -0.3 is 30.0 Å². The number of nitrogens with one attached hydrogen (secondary N) is 2. The number of furan rings is 1. The number of alkyl halides is 3. The largest absolute Gasteiger partial charge is 0.490 e. The van der Waals surface area contributed by atoms with Crippen molar-refractivity contribution in [1.29, 1.82) is 0 Å². The molecular formula is C37H40F3N5O6S. The molecule has 1 aliphatic carbocycles. The number of aliphatic hydroxyl groups is 2. The second-order valence-electron chi connectivity index (χ2n) is 13.7. The van der Waals surface area contributed by atoms with Gasteiger partial charge in [-0.05, 0) is 42.5 Å². The van der Waals surface area contributed by atoms with Crippen LogP contribution in [-0.4, -0.2) is 101 Å². The number of halogens is 3. The number of thiazole rings is 1. The molecule has 2 aromatic heterocycles. The first-order valence-electron chi connectivity index (χ1n) is 17.2. The molecular weight excluding hydrogens is 699 g/mol. The zero-order valence-electron chi connectivity index (χ0n) is 28.2. The van der Waals surface area contributed by atoms with Crippen molar-refractivity contribution in [3.63, 3.8) is 0 Å². The van der Waals surface area contributed by atoms with Gasteiger partial charge in [-0.25, -0.2) is 4.98 Å². The summed E-state index contributed by atoms with van der Waals surface area (Å²) >= 11 is 1.43. The molecule has 4 N–H and O–H groups in total. The monoisotopic (exact) mass is 739 g/mol. The maximum atomic E-state index is 14.2. The van der Waals surface area contributed by atoms with E-state index in [1.807, 2.05) is 64.1 Å². The first-order valence-corrected chi connectivity index (χ1v) is 18.1. The number of benzene rings is 2. The molecule has 11 nitrogen and oxygen atoms in total. The van der Waals surface area contributed by atoms with Gasteiger partial charge in [0, 0.05) is 43.3 Å². The molecule has 4 heterocycles. The number of hydrogen-bond donors (Lipinski definition) is 4. The Kier molecular flexibility index (Phi) is 10.4. The number of ether oxygens (including phenoxy) is 1. The fraction of sp³-hybridized carbons (Fsp3) is 0.432. The van der Waals surface area contributed by atoms with Crippen LogP contribution in [0, 0.1) is 5.41 Å². The third-order valence-electron chi connectivity index (χ3n) is 10.1. The van der Waals surface area contributed by atoms with Gasteiger partial charge >= 0.3 is 6.18 Å². The van der Waals surface area contributed by atoms with E-state index in [1.54, 1.807) is 29.3 Å². The van der Waals surface area contributed by atoms with Gasteiger partial charge in [-0.15, -0.1) is 11.3 Å². The average Bonchev–Trinajstić information content (AvgIpc) is 3.42. The van der Waals surface area contributed by atoms with Gasteiger partial charge in [0.25, 0.3) is 0 Å². The summed E-state index contributed by atoms with van der Waals surface area (Å²) in [6.07, 6.45) is -4.50. The lowest BCUT2D eigenvalue weighted by Gasteiger charge is -2.41. The van der Waals surface area contributed by atoms with Crippen molar-refractivity contribution in [3.8, 4) is 16.5 Å². The van der Waals surface area contributed by atoms with E-state index in [2.05, 4.69) is 10.3 Å². The summed E-state index contributed by atoms with van der Waals surface area (Å²) < 4.78 is 51.0. The average molecular weight is 740 g/mol. The van der Waals surface area contributed by atoms with Crippen LogP contribution in [0.5, 0.6) is 5.75 Å². The molecule has 52 heavy (non-hydrogen) atoms. The lowest BCUT2D eigenvalue weighted by atomic mass is 9.89. The molecule has 2 fully saturated rings. The minimum atomic E-state index is -4.59. The molecule has 2 aromatic carbocycles. The predicted molar refractivity (Wildman–Crippen MR) is 185 cm³/mol. The van der Waals surface area contributed by atoms with Crippen LogP contribution < -0.4 is 15.4 Å². The highest BCUT2D eigenvalue weighted by Crippen LogP contribution is 2.62. The smallest absolute Gasteiger partial charge is 0.405 e. The number of amides is 2. The molecule has 276 valence electrons. The molecule has 3 aliphatic rings. The Morgan fingerprint density at radius 1 is 1.08 bits per heavy atom. The number of para-hydroxylation sites is 1. The van der Waals surface area contributed by atoms with E-state index in [0.717, 1.165) is 10.6 Å². The van der Waals surface area contributed by atoms with Gasteiger partial charge in [0.15, 0.2) is 10.8 Å². The van der Waals surface area contributed by atoms with Crippen molar-refractivity contribution >= 4 is 23.2 Å². The van der Waals surface area contributed by atoms with E-state index in [1.165, 1.54) is 11.3 Å². The van der Waals surface area contributed by atoms with E-state index in [9.17, 15) is 33.0 Å². The van der Waals surface area contributed by atoms with Crippen LogP contribution in [0.15, 0.2) is 82.7 Å². The topological polar surface area (TPSA) is 140 Å². The maximum absolute atomic E-state index is 14.2. The van der Waals surface area contributed by atoms with Gasteiger partial charge in [0.05, 0.1) is 24.1 Å². The van der Waals surface area contributed by atoms with Gasteiger partial charge in [-0.3, -0.25) is 19.4 Å².